The fourth-order valence-electron chi connectivity index (χ4n) is 5.24. The van der Waals surface area contributed by atoms with Gasteiger partial charge in [0.25, 0.3) is 11.7 Å². The van der Waals surface area contributed by atoms with Gasteiger partial charge in [-0.25, -0.2) is 0 Å². The van der Waals surface area contributed by atoms with Crippen molar-refractivity contribution >= 4 is 26.2 Å². The first kappa shape index (κ1) is 21.5. The van der Waals surface area contributed by atoms with Gasteiger partial charge in [0.2, 0.25) is 10.6 Å². The van der Waals surface area contributed by atoms with Gasteiger partial charge in [-0.15, -0.1) is 0 Å². The van der Waals surface area contributed by atoms with Crippen molar-refractivity contribution < 1.29 is 19.3 Å². The lowest BCUT2D eigenvalue weighted by Gasteiger charge is -2.19. The summed E-state index contributed by atoms with van der Waals surface area (Å²) < 4.78 is 26.6. The van der Waals surface area contributed by atoms with Crippen molar-refractivity contribution in [1.29, 1.82) is 0 Å². The first-order valence-electron chi connectivity index (χ1n) is 11.3. The predicted octanol–water partition coefficient (Wildman–Crippen LogP) is 5.72. The fraction of sp³-hybridized carbons (Fsp3) is 0.143. The van der Waals surface area contributed by atoms with Crippen molar-refractivity contribution in [2.45, 2.75) is 24.5 Å². The lowest BCUT2D eigenvalue weighted by Crippen LogP contribution is -2.20. The van der Waals surface area contributed by atoms with Crippen molar-refractivity contribution in [2.24, 2.45) is 0 Å². The molecule has 4 aromatic rings. The molecule has 2 aliphatic heterocycles. The Balaban J connectivity index is 1.41. The molecule has 4 nitrogen and oxygen atoms in total. The summed E-state index contributed by atoms with van der Waals surface area (Å²) in [5, 5.41) is 22.9. The van der Waals surface area contributed by atoms with Crippen LogP contribution in [0.15, 0.2) is 84.9 Å². The van der Waals surface area contributed by atoms with Gasteiger partial charge >= 0.3 is 15.6 Å². The van der Waals surface area contributed by atoms with E-state index < -0.39 is 27.3 Å². The average Bonchev–Trinajstić information content (AvgIpc) is 2.88. The normalized spacial score (nSPS) is 20.2. The van der Waals surface area contributed by atoms with Crippen LogP contribution in [0.5, 0.6) is 0 Å². The molecule has 0 spiro atoms. The van der Waals surface area contributed by atoms with E-state index in [-0.39, 0.29) is 0 Å². The first-order chi connectivity index (χ1) is 16.6. The number of aryl methyl sites for hydroxylation is 2. The maximum absolute atomic E-state index is 13.3. The standard InChI is InChI=1S/C28H22O4P2/c29-27-23-11-3-1-9-19(23)21-13-5-7-17(25(21)33(27)31)15-16-18-8-6-14-22-20-10-2-4-12-24(20)28(30)34(32)26(18)22/h1-14,27-30H,15-16H2/q+2. The third-order valence-electron chi connectivity index (χ3n) is 6.85. The Labute approximate surface area is 199 Å². The molecule has 2 N–H and O–H groups in total. The van der Waals surface area contributed by atoms with Crippen molar-refractivity contribution in [3.8, 4) is 22.3 Å². The zero-order valence-corrected chi connectivity index (χ0v) is 20.0. The molecule has 2 heterocycles. The maximum atomic E-state index is 13.3. The van der Waals surface area contributed by atoms with Crippen LogP contribution in [-0.2, 0) is 22.0 Å². The summed E-state index contributed by atoms with van der Waals surface area (Å²) in [5.74, 6) is -2.05. The Hall–Kier alpha value is -3.00. The number of fused-ring (bicyclic) bond motifs is 6. The molecule has 6 heteroatoms. The summed E-state index contributed by atoms with van der Waals surface area (Å²) in [6.45, 7) is 0. The Morgan fingerprint density at radius 1 is 0.529 bits per heavy atom. The summed E-state index contributed by atoms with van der Waals surface area (Å²) in [5.41, 5.74) is 6.91. The molecule has 0 amide bonds. The highest BCUT2D eigenvalue weighted by molar-refractivity contribution is 7.54. The molecule has 0 aliphatic carbocycles. The first-order valence-corrected chi connectivity index (χ1v) is 13.9. The lowest BCUT2D eigenvalue weighted by atomic mass is 9.93. The molecule has 0 bridgehead atoms. The van der Waals surface area contributed by atoms with E-state index in [0.717, 1.165) is 33.4 Å². The highest BCUT2D eigenvalue weighted by Crippen LogP contribution is 2.50. The quantitative estimate of drug-likeness (QED) is 0.365. The minimum atomic E-state index is -2.01. The molecule has 0 saturated heterocycles. The van der Waals surface area contributed by atoms with E-state index in [9.17, 15) is 19.3 Å². The molecule has 0 radical (unpaired) electrons. The van der Waals surface area contributed by atoms with Gasteiger partial charge in [-0.2, -0.15) is 0 Å². The summed E-state index contributed by atoms with van der Waals surface area (Å²) in [6.07, 6.45) is 1.19. The number of aliphatic hydroxyl groups excluding tert-OH is 2. The Kier molecular flexibility index (Phi) is 5.28. The van der Waals surface area contributed by atoms with Crippen LogP contribution in [0.2, 0.25) is 0 Å². The molecule has 0 fully saturated rings. The van der Waals surface area contributed by atoms with E-state index in [2.05, 4.69) is 0 Å². The highest BCUT2D eigenvalue weighted by atomic mass is 31.1. The average molecular weight is 484 g/mol. The molecule has 0 saturated carbocycles. The highest BCUT2D eigenvalue weighted by Gasteiger charge is 2.44. The van der Waals surface area contributed by atoms with Crippen LogP contribution in [0.4, 0.5) is 0 Å². The minimum Gasteiger partial charge on any atom is -0.347 e. The molecule has 6 rings (SSSR count). The second-order valence-electron chi connectivity index (χ2n) is 8.70. The number of benzene rings is 4. The monoisotopic (exact) mass is 484 g/mol. The van der Waals surface area contributed by atoms with E-state index in [1.54, 1.807) is 0 Å². The smallest absolute Gasteiger partial charge is 0.347 e. The Morgan fingerprint density at radius 3 is 1.35 bits per heavy atom. The molecule has 4 unspecified atom stereocenters. The molecule has 0 aromatic heterocycles. The Bertz CT molecular complexity index is 1380. The van der Waals surface area contributed by atoms with Crippen molar-refractivity contribution in [1.82, 2.24) is 0 Å². The molecule has 34 heavy (non-hydrogen) atoms. The van der Waals surface area contributed by atoms with Gasteiger partial charge in [-0.05, 0) is 36.1 Å². The van der Waals surface area contributed by atoms with Gasteiger partial charge in [-0.1, -0.05) is 81.9 Å². The van der Waals surface area contributed by atoms with Crippen LogP contribution in [0.1, 0.15) is 33.9 Å². The van der Waals surface area contributed by atoms with E-state index in [4.69, 9.17) is 0 Å². The second kappa shape index (κ2) is 8.34. The molecule has 2 aliphatic rings. The number of aliphatic hydroxyl groups is 2. The largest absolute Gasteiger partial charge is 0.414 e. The number of hydrogen-bond acceptors (Lipinski definition) is 4. The van der Waals surface area contributed by atoms with Crippen LogP contribution in [0.25, 0.3) is 22.3 Å². The van der Waals surface area contributed by atoms with Crippen molar-refractivity contribution in [3.63, 3.8) is 0 Å². The van der Waals surface area contributed by atoms with E-state index >= 15 is 0 Å². The lowest BCUT2D eigenvalue weighted by molar-refractivity contribution is 0.259. The maximum Gasteiger partial charge on any atom is 0.414 e. The molecular weight excluding hydrogens is 462 g/mol. The van der Waals surface area contributed by atoms with E-state index in [1.165, 1.54) is 0 Å². The molecule has 166 valence electrons. The third-order valence-corrected chi connectivity index (χ3v) is 10.2. The number of rotatable bonds is 3. The predicted molar refractivity (Wildman–Crippen MR) is 136 cm³/mol. The molecule has 4 atom stereocenters. The van der Waals surface area contributed by atoms with Crippen LogP contribution in [0, 0.1) is 0 Å². The van der Waals surface area contributed by atoms with Gasteiger partial charge in [-0.3, -0.25) is 0 Å². The topological polar surface area (TPSA) is 74.6 Å². The van der Waals surface area contributed by atoms with Gasteiger partial charge in [0.1, 0.15) is 0 Å². The summed E-state index contributed by atoms with van der Waals surface area (Å²) in [4.78, 5) is 0. The third kappa shape index (κ3) is 3.22. The van der Waals surface area contributed by atoms with Gasteiger partial charge in [0.15, 0.2) is 0 Å². The summed E-state index contributed by atoms with van der Waals surface area (Å²) >= 11 is 0. The van der Waals surface area contributed by atoms with Gasteiger partial charge in [0, 0.05) is 33.4 Å². The molecule has 4 aromatic carbocycles. The number of hydrogen-bond donors (Lipinski definition) is 2. The van der Waals surface area contributed by atoms with E-state index in [0.29, 0.717) is 34.6 Å². The van der Waals surface area contributed by atoms with Crippen molar-refractivity contribution in [2.75, 3.05) is 0 Å². The second-order valence-corrected chi connectivity index (χ2v) is 11.9. The summed E-state index contributed by atoms with van der Waals surface area (Å²) in [7, 11) is -4.02. The minimum absolute atomic E-state index is 0.594. The molecular formula is C28H22O4P2+2. The SMILES string of the molecule is O=[P+]1c2c(CCc3cccc4c3[P+](=O)C(O)c3ccccc3-4)cccc2-c2ccccc2C1O. The van der Waals surface area contributed by atoms with Gasteiger partial charge < -0.3 is 10.2 Å². The van der Waals surface area contributed by atoms with Crippen molar-refractivity contribution in [3.05, 3.63) is 107 Å². The van der Waals surface area contributed by atoms with Gasteiger partial charge in [0.05, 0.1) is 0 Å². The Morgan fingerprint density at radius 2 is 0.912 bits per heavy atom. The summed E-state index contributed by atoms with van der Waals surface area (Å²) in [6, 6.07) is 26.9. The fourth-order valence-corrected chi connectivity index (χ4v) is 8.49. The van der Waals surface area contributed by atoms with Crippen LogP contribution >= 0.6 is 15.6 Å². The van der Waals surface area contributed by atoms with Crippen LogP contribution < -0.4 is 10.6 Å². The van der Waals surface area contributed by atoms with E-state index in [1.807, 2.05) is 84.9 Å². The zero-order valence-electron chi connectivity index (χ0n) is 18.3. The van der Waals surface area contributed by atoms with Crippen LogP contribution in [0.3, 0.4) is 0 Å². The zero-order chi connectivity index (χ0) is 23.4. The van der Waals surface area contributed by atoms with Crippen LogP contribution in [-0.4, -0.2) is 10.2 Å².